The normalized spacial score (nSPS) is 11.0. The molecule has 46 valence electrons. The Kier molecular flexibility index (Phi) is 2.61. The summed E-state index contributed by atoms with van der Waals surface area (Å²) in [6, 6.07) is 0. The topological polar surface area (TPSA) is 64.7 Å². The van der Waals surface area contributed by atoms with Crippen LogP contribution in [-0.4, -0.2) is 18.7 Å². The van der Waals surface area contributed by atoms with E-state index in [4.69, 9.17) is 5.73 Å². The van der Waals surface area contributed by atoms with E-state index in [0.717, 1.165) is 0 Å². The fraction of sp³-hybridized carbons (Fsp3) is 0.500. The van der Waals surface area contributed by atoms with Crippen LogP contribution < -0.4 is 5.73 Å². The van der Waals surface area contributed by atoms with Gasteiger partial charge in [0.25, 0.3) is 5.91 Å². The number of hydrogen-bond acceptors (Lipinski definition) is 3. The molecule has 0 heterocycles. The van der Waals surface area contributed by atoms with E-state index in [1.807, 2.05) is 0 Å². The second-order valence-corrected chi connectivity index (χ2v) is 1.22. The van der Waals surface area contributed by atoms with Crippen molar-refractivity contribution in [2.24, 2.45) is 10.9 Å². The Hall–Kier alpha value is -1.06. The lowest BCUT2D eigenvalue weighted by Gasteiger charge is -1.88. The number of nitrogens with two attached hydrogens (primary N) is 1. The molecule has 4 nitrogen and oxygen atoms in total. The second kappa shape index (κ2) is 3.01. The second-order valence-electron chi connectivity index (χ2n) is 1.22. The van der Waals surface area contributed by atoms with Crippen LogP contribution in [0.3, 0.4) is 0 Å². The minimum absolute atomic E-state index is 0.174. The van der Waals surface area contributed by atoms with E-state index < -0.39 is 5.91 Å². The van der Waals surface area contributed by atoms with Gasteiger partial charge in [-0.25, -0.2) is 0 Å². The molecule has 1 amide bonds. The fourth-order valence-corrected chi connectivity index (χ4v) is 0.182. The highest BCUT2D eigenvalue weighted by Gasteiger charge is 1.96. The molecular formula is C4H8N2O2. The van der Waals surface area contributed by atoms with Gasteiger partial charge in [-0.1, -0.05) is 5.16 Å². The first kappa shape index (κ1) is 6.94. The van der Waals surface area contributed by atoms with Crippen LogP contribution in [0.15, 0.2) is 5.16 Å². The molecule has 0 fully saturated rings. The zero-order valence-electron chi connectivity index (χ0n) is 4.84. The molecule has 0 saturated carbocycles. The number of carbonyl (C=O) groups is 1. The number of carbonyl (C=O) groups excluding carboxylic acids is 1. The summed E-state index contributed by atoms with van der Waals surface area (Å²) in [5.41, 5.74) is 4.95. The fourth-order valence-electron chi connectivity index (χ4n) is 0.182. The summed E-state index contributed by atoms with van der Waals surface area (Å²) >= 11 is 0. The van der Waals surface area contributed by atoms with Crippen molar-refractivity contribution >= 4 is 11.6 Å². The third-order valence-corrected chi connectivity index (χ3v) is 0.585. The van der Waals surface area contributed by atoms with E-state index in [2.05, 4.69) is 9.99 Å². The van der Waals surface area contributed by atoms with Gasteiger partial charge in [-0.05, 0) is 6.92 Å². The summed E-state index contributed by atoms with van der Waals surface area (Å²) in [5, 5.41) is 3.27. The lowest BCUT2D eigenvalue weighted by molar-refractivity contribution is -0.112. The van der Waals surface area contributed by atoms with Crippen molar-refractivity contribution in [3.05, 3.63) is 0 Å². The van der Waals surface area contributed by atoms with Crippen LogP contribution in [0.25, 0.3) is 0 Å². The van der Waals surface area contributed by atoms with Crippen molar-refractivity contribution < 1.29 is 9.63 Å². The van der Waals surface area contributed by atoms with E-state index in [9.17, 15) is 4.79 Å². The van der Waals surface area contributed by atoms with Crippen LogP contribution in [-0.2, 0) is 9.63 Å². The van der Waals surface area contributed by atoms with Gasteiger partial charge in [0, 0.05) is 0 Å². The van der Waals surface area contributed by atoms with E-state index in [-0.39, 0.29) is 5.71 Å². The van der Waals surface area contributed by atoms with Crippen molar-refractivity contribution in [3.8, 4) is 0 Å². The first-order valence-electron chi connectivity index (χ1n) is 2.06. The zero-order chi connectivity index (χ0) is 6.57. The van der Waals surface area contributed by atoms with Gasteiger partial charge in [0.2, 0.25) is 0 Å². The summed E-state index contributed by atoms with van der Waals surface area (Å²) in [6.07, 6.45) is 0. The number of primary amides is 1. The summed E-state index contributed by atoms with van der Waals surface area (Å²) in [7, 11) is 1.35. The number of hydrogen-bond donors (Lipinski definition) is 1. The molecule has 0 aliphatic rings. The molecule has 0 unspecified atom stereocenters. The molecule has 0 saturated heterocycles. The van der Waals surface area contributed by atoms with E-state index in [0.29, 0.717) is 0 Å². The predicted octanol–water partition coefficient (Wildman–Crippen LogP) is -0.506. The van der Waals surface area contributed by atoms with Crippen LogP contribution >= 0.6 is 0 Å². The minimum Gasteiger partial charge on any atom is -0.399 e. The molecule has 0 aromatic carbocycles. The van der Waals surface area contributed by atoms with Crippen LogP contribution in [0, 0.1) is 0 Å². The van der Waals surface area contributed by atoms with Crippen LogP contribution in [0.5, 0.6) is 0 Å². The molecule has 0 radical (unpaired) electrons. The molecule has 0 aliphatic heterocycles. The number of nitrogens with zero attached hydrogens (tertiary/aromatic N) is 1. The van der Waals surface area contributed by atoms with Crippen molar-refractivity contribution in [1.29, 1.82) is 0 Å². The average Bonchev–Trinajstić information content (AvgIpc) is 1.67. The number of oxime groups is 1. The van der Waals surface area contributed by atoms with Crippen LogP contribution in [0.2, 0.25) is 0 Å². The first-order valence-corrected chi connectivity index (χ1v) is 2.06. The largest absolute Gasteiger partial charge is 0.399 e. The summed E-state index contributed by atoms with van der Waals surface area (Å²) in [6.45, 7) is 1.48. The van der Waals surface area contributed by atoms with Crippen molar-refractivity contribution in [1.82, 2.24) is 0 Å². The van der Waals surface area contributed by atoms with E-state index >= 15 is 0 Å². The summed E-state index contributed by atoms with van der Waals surface area (Å²) < 4.78 is 0. The maximum Gasteiger partial charge on any atom is 0.266 e. The molecule has 0 atom stereocenters. The Morgan fingerprint density at radius 1 is 1.75 bits per heavy atom. The molecule has 0 bridgehead atoms. The summed E-state index contributed by atoms with van der Waals surface area (Å²) in [4.78, 5) is 14.4. The van der Waals surface area contributed by atoms with Crippen molar-refractivity contribution in [2.45, 2.75) is 6.92 Å². The van der Waals surface area contributed by atoms with Gasteiger partial charge in [0.1, 0.15) is 12.8 Å². The SMILES string of the molecule is CO/N=C(/C)C(N)=O. The van der Waals surface area contributed by atoms with Crippen molar-refractivity contribution in [3.63, 3.8) is 0 Å². The Morgan fingerprint density at radius 3 is 2.38 bits per heavy atom. The van der Waals surface area contributed by atoms with Crippen molar-refractivity contribution in [2.75, 3.05) is 7.11 Å². The highest BCUT2D eigenvalue weighted by molar-refractivity contribution is 6.37. The Morgan fingerprint density at radius 2 is 2.25 bits per heavy atom. The molecule has 8 heavy (non-hydrogen) atoms. The number of amides is 1. The Bertz CT molecular complexity index is 119. The first-order chi connectivity index (χ1) is 3.68. The molecule has 0 rings (SSSR count). The van der Waals surface area contributed by atoms with Crippen LogP contribution in [0.1, 0.15) is 6.92 Å². The van der Waals surface area contributed by atoms with Gasteiger partial charge in [0.15, 0.2) is 0 Å². The molecule has 4 heteroatoms. The Labute approximate surface area is 47.3 Å². The standard InChI is InChI=1S/C4H8N2O2/c1-3(4(5)7)6-8-2/h1-2H3,(H2,5,7)/b6-3-. The lowest BCUT2D eigenvalue weighted by atomic mass is 10.4. The maximum atomic E-state index is 10.1. The van der Waals surface area contributed by atoms with Gasteiger partial charge in [-0.2, -0.15) is 0 Å². The monoisotopic (exact) mass is 116 g/mol. The average molecular weight is 116 g/mol. The third-order valence-electron chi connectivity index (χ3n) is 0.585. The molecule has 0 spiro atoms. The summed E-state index contributed by atoms with van der Waals surface area (Å²) in [5.74, 6) is -0.563. The molecular weight excluding hydrogens is 108 g/mol. The smallest absolute Gasteiger partial charge is 0.266 e. The third kappa shape index (κ3) is 2.17. The minimum atomic E-state index is -0.563. The lowest BCUT2D eigenvalue weighted by Crippen LogP contribution is -2.20. The molecule has 0 aromatic heterocycles. The van der Waals surface area contributed by atoms with Gasteiger partial charge in [0.05, 0.1) is 0 Å². The van der Waals surface area contributed by atoms with Gasteiger partial charge >= 0.3 is 0 Å². The predicted molar refractivity (Wildman–Crippen MR) is 29.3 cm³/mol. The Balaban J connectivity index is 3.80. The maximum absolute atomic E-state index is 10.1. The molecule has 0 aliphatic carbocycles. The van der Waals surface area contributed by atoms with Gasteiger partial charge in [-0.3, -0.25) is 4.79 Å². The molecule has 2 N–H and O–H groups in total. The quantitative estimate of drug-likeness (QED) is 0.390. The number of rotatable bonds is 2. The van der Waals surface area contributed by atoms with E-state index in [1.165, 1.54) is 14.0 Å². The highest BCUT2D eigenvalue weighted by Crippen LogP contribution is 1.73. The van der Waals surface area contributed by atoms with E-state index in [1.54, 1.807) is 0 Å². The van der Waals surface area contributed by atoms with Gasteiger partial charge in [-0.15, -0.1) is 0 Å². The highest BCUT2D eigenvalue weighted by atomic mass is 16.6. The van der Waals surface area contributed by atoms with Crippen LogP contribution in [0.4, 0.5) is 0 Å². The van der Waals surface area contributed by atoms with Gasteiger partial charge < -0.3 is 10.6 Å². The zero-order valence-corrected chi connectivity index (χ0v) is 4.84. The molecule has 0 aromatic rings.